The van der Waals surface area contributed by atoms with Crippen molar-refractivity contribution >= 4 is 40.6 Å². The minimum absolute atomic E-state index is 0.128. The van der Waals surface area contributed by atoms with Gasteiger partial charge in [0.05, 0.1) is 21.2 Å². The van der Waals surface area contributed by atoms with Crippen LogP contribution in [0.3, 0.4) is 0 Å². The number of rotatable bonds is 4. The van der Waals surface area contributed by atoms with Gasteiger partial charge in [-0.15, -0.1) is 0 Å². The number of hydrogen-bond acceptors (Lipinski definition) is 4. The van der Waals surface area contributed by atoms with E-state index >= 15 is 0 Å². The van der Waals surface area contributed by atoms with Crippen LogP contribution in [0.1, 0.15) is 25.0 Å². The van der Waals surface area contributed by atoms with Crippen LogP contribution in [0.15, 0.2) is 159 Å². The molecule has 0 fully saturated rings. The number of para-hydroxylation sites is 2. The Bertz CT molecular complexity index is 1980. The summed E-state index contributed by atoms with van der Waals surface area (Å²) in [6, 6.07) is 49.8. The predicted octanol–water partition coefficient (Wildman–Crippen LogP) is 11.9. The first kappa shape index (κ1) is 26.3. The minimum atomic E-state index is -0.128. The molecule has 0 unspecified atom stereocenters. The molecule has 2 nitrogen and oxygen atoms in total. The molecule has 0 radical (unpaired) electrons. The molecule has 0 aromatic heterocycles. The molecule has 2 heterocycles. The van der Waals surface area contributed by atoms with E-state index in [1.165, 1.54) is 32.0 Å². The Balaban J connectivity index is 1.33. The second-order valence-electron chi connectivity index (χ2n) is 11.4. The summed E-state index contributed by atoms with van der Waals surface area (Å²) < 4.78 is 6.70. The standard InChI is InChI=1S/C39H29NOS2/c1-39(2)29-14-6-8-19-34(29)43-38-30(39)15-10-17-32(38)40(28-24-22-27(23-25-28)26-12-4-3-5-13-26)31-16-11-21-36-37(31)41-33-18-7-9-20-35(33)42-36/h3-25H,1-2H3. The Morgan fingerprint density at radius 1 is 0.512 bits per heavy atom. The van der Waals surface area contributed by atoms with E-state index < -0.39 is 0 Å². The van der Waals surface area contributed by atoms with Gasteiger partial charge in [-0.3, -0.25) is 0 Å². The van der Waals surface area contributed by atoms with Gasteiger partial charge in [0.2, 0.25) is 0 Å². The molecule has 0 spiro atoms. The van der Waals surface area contributed by atoms with Crippen LogP contribution >= 0.6 is 23.5 Å². The fourth-order valence-corrected chi connectivity index (χ4v) is 8.66. The van der Waals surface area contributed by atoms with Gasteiger partial charge in [0, 0.05) is 20.9 Å². The highest BCUT2D eigenvalue weighted by Crippen LogP contribution is 2.57. The average Bonchev–Trinajstić information content (AvgIpc) is 3.05. The number of ether oxygens (including phenoxy) is 1. The van der Waals surface area contributed by atoms with Gasteiger partial charge in [0.1, 0.15) is 5.75 Å². The van der Waals surface area contributed by atoms with Crippen molar-refractivity contribution in [3.63, 3.8) is 0 Å². The summed E-state index contributed by atoms with van der Waals surface area (Å²) in [6.45, 7) is 4.68. The fraction of sp³-hybridized carbons (Fsp3) is 0.0769. The number of anilines is 3. The van der Waals surface area contributed by atoms with E-state index in [1.807, 2.05) is 17.8 Å². The van der Waals surface area contributed by atoms with Crippen LogP contribution in [0.5, 0.6) is 11.5 Å². The highest BCUT2D eigenvalue weighted by Gasteiger charge is 2.36. The second kappa shape index (κ2) is 10.4. The van der Waals surface area contributed by atoms with Gasteiger partial charge in [-0.2, -0.15) is 0 Å². The van der Waals surface area contributed by atoms with Crippen molar-refractivity contribution in [2.24, 2.45) is 0 Å². The lowest BCUT2D eigenvalue weighted by Crippen LogP contribution is -2.25. The second-order valence-corrected chi connectivity index (χ2v) is 13.5. The van der Waals surface area contributed by atoms with Crippen LogP contribution in [0.4, 0.5) is 17.1 Å². The highest BCUT2D eigenvalue weighted by molar-refractivity contribution is 8.00. The lowest BCUT2D eigenvalue weighted by Gasteiger charge is -2.38. The van der Waals surface area contributed by atoms with Crippen LogP contribution in [0.25, 0.3) is 11.1 Å². The molecular formula is C39H29NOS2. The zero-order valence-corrected chi connectivity index (χ0v) is 25.6. The molecule has 208 valence electrons. The van der Waals surface area contributed by atoms with Crippen LogP contribution in [-0.4, -0.2) is 0 Å². The lowest BCUT2D eigenvalue weighted by molar-refractivity contribution is 0.455. The molecule has 6 aromatic rings. The average molecular weight is 592 g/mol. The molecule has 43 heavy (non-hydrogen) atoms. The van der Waals surface area contributed by atoms with Crippen molar-refractivity contribution in [2.75, 3.05) is 4.90 Å². The smallest absolute Gasteiger partial charge is 0.165 e. The molecule has 0 amide bonds. The van der Waals surface area contributed by atoms with Gasteiger partial charge >= 0.3 is 0 Å². The third-order valence-corrected chi connectivity index (χ3v) is 10.7. The van der Waals surface area contributed by atoms with Gasteiger partial charge in [0.15, 0.2) is 5.75 Å². The van der Waals surface area contributed by atoms with Crippen molar-refractivity contribution in [1.82, 2.24) is 0 Å². The quantitative estimate of drug-likeness (QED) is 0.202. The van der Waals surface area contributed by atoms with Crippen LogP contribution in [-0.2, 0) is 5.41 Å². The first-order valence-corrected chi connectivity index (χ1v) is 16.2. The van der Waals surface area contributed by atoms with Crippen LogP contribution in [0, 0.1) is 0 Å². The maximum absolute atomic E-state index is 6.70. The molecule has 0 saturated carbocycles. The summed E-state index contributed by atoms with van der Waals surface area (Å²) >= 11 is 3.63. The first-order chi connectivity index (χ1) is 21.1. The molecule has 0 N–H and O–H groups in total. The predicted molar refractivity (Wildman–Crippen MR) is 180 cm³/mol. The van der Waals surface area contributed by atoms with Gasteiger partial charge < -0.3 is 9.64 Å². The summed E-state index contributed by atoms with van der Waals surface area (Å²) in [4.78, 5) is 7.22. The third kappa shape index (κ3) is 4.45. The zero-order chi connectivity index (χ0) is 29.0. The SMILES string of the molecule is CC1(C)c2ccccc2Sc2c(N(c3ccc(-c4ccccc4)cc3)c3cccc4c3Oc3ccccc3S4)cccc21. The molecule has 8 rings (SSSR count). The van der Waals surface area contributed by atoms with Crippen molar-refractivity contribution in [2.45, 2.75) is 38.8 Å². The maximum Gasteiger partial charge on any atom is 0.165 e. The summed E-state index contributed by atoms with van der Waals surface area (Å²) in [5.41, 5.74) is 8.25. The molecule has 0 saturated heterocycles. The third-order valence-electron chi connectivity index (χ3n) is 8.39. The van der Waals surface area contributed by atoms with Crippen molar-refractivity contribution in [3.8, 4) is 22.6 Å². The van der Waals surface area contributed by atoms with Gasteiger partial charge in [-0.05, 0) is 70.8 Å². The lowest BCUT2D eigenvalue weighted by atomic mass is 9.77. The fourth-order valence-electron chi connectivity index (χ4n) is 6.18. The summed E-state index contributed by atoms with van der Waals surface area (Å²) in [6.07, 6.45) is 0. The Kier molecular flexibility index (Phi) is 6.36. The van der Waals surface area contributed by atoms with E-state index in [9.17, 15) is 0 Å². The summed E-state index contributed by atoms with van der Waals surface area (Å²) in [5, 5.41) is 0. The first-order valence-electron chi connectivity index (χ1n) is 14.5. The number of benzene rings is 6. The number of fused-ring (bicyclic) bond motifs is 4. The molecule has 2 aliphatic heterocycles. The van der Waals surface area contributed by atoms with Crippen molar-refractivity contribution < 1.29 is 4.74 Å². The normalized spacial score (nSPS) is 14.0. The van der Waals surface area contributed by atoms with Crippen molar-refractivity contribution in [1.29, 1.82) is 0 Å². The van der Waals surface area contributed by atoms with Crippen LogP contribution < -0.4 is 9.64 Å². The molecule has 6 aromatic carbocycles. The van der Waals surface area contributed by atoms with E-state index in [2.05, 4.69) is 152 Å². The zero-order valence-electron chi connectivity index (χ0n) is 24.0. The van der Waals surface area contributed by atoms with E-state index in [4.69, 9.17) is 4.74 Å². The van der Waals surface area contributed by atoms with Crippen LogP contribution in [0.2, 0.25) is 0 Å². The monoisotopic (exact) mass is 591 g/mol. The highest BCUT2D eigenvalue weighted by atomic mass is 32.2. The van der Waals surface area contributed by atoms with Gasteiger partial charge in [-0.1, -0.05) is 128 Å². The van der Waals surface area contributed by atoms with E-state index in [0.717, 1.165) is 38.4 Å². The Morgan fingerprint density at radius 3 is 1.98 bits per heavy atom. The Hall–Kier alpha value is -4.38. The largest absolute Gasteiger partial charge is 0.453 e. The summed E-state index contributed by atoms with van der Waals surface area (Å²) in [5.74, 6) is 1.78. The number of hydrogen-bond donors (Lipinski definition) is 0. The number of nitrogens with zero attached hydrogens (tertiary/aromatic N) is 1. The summed E-state index contributed by atoms with van der Waals surface area (Å²) in [7, 11) is 0. The van der Waals surface area contributed by atoms with E-state index in [1.54, 1.807) is 11.8 Å². The van der Waals surface area contributed by atoms with Gasteiger partial charge in [0.25, 0.3) is 0 Å². The Labute approximate surface area is 261 Å². The van der Waals surface area contributed by atoms with E-state index in [0.29, 0.717) is 0 Å². The van der Waals surface area contributed by atoms with Crippen molar-refractivity contribution in [3.05, 3.63) is 151 Å². The minimum Gasteiger partial charge on any atom is -0.453 e. The molecule has 0 aliphatic carbocycles. The molecular weight excluding hydrogens is 563 g/mol. The van der Waals surface area contributed by atoms with Gasteiger partial charge in [-0.25, -0.2) is 0 Å². The van der Waals surface area contributed by atoms with E-state index in [-0.39, 0.29) is 5.41 Å². The topological polar surface area (TPSA) is 12.5 Å². The Morgan fingerprint density at radius 2 is 1.14 bits per heavy atom. The maximum atomic E-state index is 6.70. The molecule has 0 atom stereocenters. The molecule has 2 aliphatic rings. The molecule has 4 heteroatoms. The molecule has 0 bridgehead atoms.